The van der Waals surface area contributed by atoms with Crippen LogP contribution in [0.4, 0.5) is 4.39 Å². The monoisotopic (exact) mass is 331 g/mol. The Hall–Kier alpha value is -1.14. The standard InChI is InChI=1S/C13H15BrFNO3/c14-9-3-4-12(11(15)6-9)19-8-13(18)16-5-1-2-10(16)7-17/h3-4,6,10,17H,1-2,5,7-8H2. The van der Waals surface area contributed by atoms with E-state index in [1.165, 1.54) is 12.1 Å². The van der Waals surface area contributed by atoms with Crippen LogP contribution in [0.2, 0.25) is 0 Å². The van der Waals surface area contributed by atoms with Crippen LogP contribution in [-0.4, -0.2) is 41.7 Å². The Morgan fingerprint density at radius 1 is 1.58 bits per heavy atom. The Balaban J connectivity index is 1.93. The van der Waals surface area contributed by atoms with E-state index in [0.29, 0.717) is 11.0 Å². The van der Waals surface area contributed by atoms with Gasteiger partial charge in [0.25, 0.3) is 5.91 Å². The van der Waals surface area contributed by atoms with E-state index in [9.17, 15) is 9.18 Å². The summed E-state index contributed by atoms with van der Waals surface area (Å²) in [7, 11) is 0. The quantitative estimate of drug-likeness (QED) is 0.917. The third-order valence-electron chi connectivity index (χ3n) is 3.15. The Kier molecular flexibility index (Phi) is 4.76. The predicted octanol–water partition coefficient (Wildman–Crippen LogP) is 1.95. The molecule has 0 spiro atoms. The molecule has 0 saturated carbocycles. The van der Waals surface area contributed by atoms with Crippen LogP contribution in [-0.2, 0) is 4.79 Å². The number of nitrogens with zero attached hydrogens (tertiary/aromatic N) is 1. The van der Waals surface area contributed by atoms with E-state index in [4.69, 9.17) is 9.84 Å². The SMILES string of the molecule is O=C(COc1ccc(Br)cc1F)N1CCCC1CO. The van der Waals surface area contributed by atoms with Crippen molar-refractivity contribution in [3.8, 4) is 5.75 Å². The Morgan fingerprint density at radius 3 is 3.05 bits per heavy atom. The van der Waals surface area contributed by atoms with Gasteiger partial charge in [0.15, 0.2) is 18.2 Å². The van der Waals surface area contributed by atoms with E-state index < -0.39 is 5.82 Å². The molecule has 1 heterocycles. The number of halogens is 2. The molecule has 0 radical (unpaired) electrons. The third kappa shape index (κ3) is 3.45. The number of likely N-dealkylation sites (tertiary alicyclic amines) is 1. The molecule has 4 nitrogen and oxygen atoms in total. The molecule has 1 aromatic carbocycles. The van der Waals surface area contributed by atoms with E-state index in [2.05, 4.69) is 15.9 Å². The molecule has 1 N–H and O–H groups in total. The molecule has 1 aliphatic rings. The minimum Gasteiger partial charge on any atom is -0.481 e. The van der Waals surface area contributed by atoms with E-state index >= 15 is 0 Å². The number of ether oxygens (including phenoxy) is 1. The first-order chi connectivity index (χ1) is 9.11. The van der Waals surface area contributed by atoms with E-state index in [1.54, 1.807) is 11.0 Å². The van der Waals surface area contributed by atoms with Gasteiger partial charge < -0.3 is 14.7 Å². The summed E-state index contributed by atoms with van der Waals surface area (Å²) in [6, 6.07) is 4.27. The van der Waals surface area contributed by atoms with Gasteiger partial charge in [-0.05, 0) is 31.0 Å². The maximum Gasteiger partial charge on any atom is 0.260 e. The molecule has 6 heteroatoms. The Morgan fingerprint density at radius 2 is 2.37 bits per heavy atom. The summed E-state index contributed by atoms with van der Waals surface area (Å²) >= 11 is 3.15. The summed E-state index contributed by atoms with van der Waals surface area (Å²) in [4.78, 5) is 13.5. The van der Waals surface area contributed by atoms with Crippen molar-refractivity contribution in [2.45, 2.75) is 18.9 Å². The summed E-state index contributed by atoms with van der Waals surface area (Å²) < 4.78 is 19.3. The van der Waals surface area contributed by atoms with Crippen molar-refractivity contribution < 1.29 is 19.0 Å². The lowest BCUT2D eigenvalue weighted by atomic mass is 10.2. The van der Waals surface area contributed by atoms with Crippen LogP contribution in [0, 0.1) is 5.82 Å². The minimum atomic E-state index is -0.512. The van der Waals surface area contributed by atoms with Gasteiger partial charge in [0.2, 0.25) is 0 Å². The van der Waals surface area contributed by atoms with Gasteiger partial charge in [0.05, 0.1) is 12.6 Å². The molecular formula is C13H15BrFNO3. The number of hydrogen-bond acceptors (Lipinski definition) is 3. The zero-order chi connectivity index (χ0) is 13.8. The smallest absolute Gasteiger partial charge is 0.260 e. The number of hydrogen-bond donors (Lipinski definition) is 1. The highest BCUT2D eigenvalue weighted by Crippen LogP contribution is 2.22. The molecule has 0 aliphatic carbocycles. The van der Waals surface area contributed by atoms with E-state index in [0.717, 1.165) is 12.8 Å². The van der Waals surface area contributed by atoms with Crippen molar-refractivity contribution >= 4 is 21.8 Å². The maximum atomic E-state index is 13.5. The van der Waals surface area contributed by atoms with Gasteiger partial charge >= 0.3 is 0 Å². The fourth-order valence-electron chi connectivity index (χ4n) is 2.17. The van der Waals surface area contributed by atoms with Gasteiger partial charge in [-0.15, -0.1) is 0 Å². The molecule has 2 rings (SSSR count). The number of rotatable bonds is 4. The van der Waals surface area contributed by atoms with Gasteiger partial charge in [-0.25, -0.2) is 4.39 Å². The molecule has 1 aliphatic heterocycles. The van der Waals surface area contributed by atoms with Crippen molar-refractivity contribution in [2.24, 2.45) is 0 Å². The van der Waals surface area contributed by atoms with Crippen LogP contribution in [0.3, 0.4) is 0 Å². The number of carbonyl (C=O) groups is 1. The summed E-state index contributed by atoms with van der Waals surface area (Å²) in [6.07, 6.45) is 1.68. The second-order valence-corrected chi connectivity index (χ2v) is 5.34. The molecule has 0 bridgehead atoms. The molecule has 104 valence electrons. The van der Waals surface area contributed by atoms with E-state index in [-0.39, 0.29) is 30.9 Å². The number of benzene rings is 1. The van der Waals surface area contributed by atoms with Crippen LogP contribution in [0.5, 0.6) is 5.75 Å². The minimum absolute atomic E-state index is 0.0433. The highest BCUT2D eigenvalue weighted by atomic mass is 79.9. The average molecular weight is 332 g/mol. The summed E-state index contributed by atoms with van der Waals surface area (Å²) in [6.45, 7) is 0.365. The molecule has 1 aromatic rings. The normalized spacial score (nSPS) is 18.7. The molecule has 1 atom stereocenters. The van der Waals surface area contributed by atoms with Crippen molar-refractivity contribution in [3.63, 3.8) is 0 Å². The Bertz CT molecular complexity index is 469. The fraction of sp³-hybridized carbons (Fsp3) is 0.462. The van der Waals surface area contributed by atoms with Crippen LogP contribution < -0.4 is 4.74 Å². The van der Waals surface area contributed by atoms with Crippen LogP contribution in [0.1, 0.15) is 12.8 Å². The number of carbonyl (C=O) groups excluding carboxylic acids is 1. The predicted molar refractivity (Wildman–Crippen MR) is 71.4 cm³/mol. The largest absolute Gasteiger partial charge is 0.481 e. The van der Waals surface area contributed by atoms with Crippen LogP contribution in [0.15, 0.2) is 22.7 Å². The zero-order valence-corrected chi connectivity index (χ0v) is 11.9. The van der Waals surface area contributed by atoms with Crippen LogP contribution >= 0.6 is 15.9 Å². The molecule has 1 fully saturated rings. The number of aliphatic hydroxyl groups excluding tert-OH is 1. The lowest BCUT2D eigenvalue weighted by Crippen LogP contribution is -2.40. The lowest BCUT2D eigenvalue weighted by molar-refractivity contribution is -0.134. The summed E-state index contributed by atoms with van der Waals surface area (Å²) in [5.74, 6) is -0.683. The molecule has 1 amide bonds. The topological polar surface area (TPSA) is 49.8 Å². The lowest BCUT2D eigenvalue weighted by Gasteiger charge is -2.23. The Labute approximate surface area is 119 Å². The van der Waals surface area contributed by atoms with Crippen molar-refractivity contribution in [3.05, 3.63) is 28.5 Å². The third-order valence-corrected chi connectivity index (χ3v) is 3.65. The number of aliphatic hydroxyl groups is 1. The van der Waals surface area contributed by atoms with Crippen molar-refractivity contribution in [2.75, 3.05) is 19.8 Å². The van der Waals surface area contributed by atoms with Crippen LogP contribution in [0.25, 0.3) is 0 Å². The maximum absolute atomic E-state index is 13.5. The summed E-state index contributed by atoms with van der Waals surface area (Å²) in [5, 5.41) is 9.15. The first kappa shape index (κ1) is 14.3. The molecule has 1 unspecified atom stereocenters. The van der Waals surface area contributed by atoms with Gasteiger partial charge in [-0.2, -0.15) is 0 Å². The molecule has 0 aromatic heterocycles. The summed E-state index contributed by atoms with van der Waals surface area (Å²) in [5.41, 5.74) is 0. The van der Waals surface area contributed by atoms with Gasteiger partial charge in [0, 0.05) is 11.0 Å². The van der Waals surface area contributed by atoms with E-state index in [1.807, 2.05) is 0 Å². The first-order valence-electron chi connectivity index (χ1n) is 6.10. The van der Waals surface area contributed by atoms with Gasteiger partial charge in [0.1, 0.15) is 0 Å². The molecular weight excluding hydrogens is 317 g/mol. The highest BCUT2D eigenvalue weighted by Gasteiger charge is 2.28. The second kappa shape index (κ2) is 6.34. The van der Waals surface area contributed by atoms with Gasteiger partial charge in [-0.3, -0.25) is 4.79 Å². The molecule has 1 saturated heterocycles. The second-order valence-electron chi connectivity index (χ2n) is 4.43. The fourth-order valence-corrected chi connectivity index (χ4v) is 2.50. The van der Waals surface area contributed by atoms with Crippen molar-refractivity contribution in [1.82, 2.24) is 4.90 Å². The zero-order valence-electron chi connectivity index (χ0n) is 10.3. The average Bonchev–Trinajstić information content (AvgIpc) is 2.85. The highest BCUT2D eigenvalue weighted by molar-refractivity contribution is 9.10. The number of amides is 1. The first-order valence-corrected chi connectivity index (χ1v) is 6.89. The van der Waals surface area contributed by atoms with Gasteiger partial charge in [-0.1, -0.05) is 15.9 Å². The molecule has 19 heavy (non-hydrogen) atoms. The van der Waals surface area contributed by atoms with Crippen molar-refractivity contribution in [1.29, 1.82) is 0 Å².